The molecule has 0 aromatic heterocycles. The summed E-state index contributed by atoms with van der Waals surface area (Å²) < 4.78 is 0. The number of nitro groups is 1. The van der Waals surface area contributed by atoms with Gasteiger partial charge in [0.05, 0.1) is 22.2 Å². The molecule has 22 heavy (non-hydrogen) atoms. The van der Waals surface area contributed by atoms with Crippen LogP contribution in [0.15, 0.2) is 42.5 Å². The summed E-state index contributed by atoms with van der Waals surface area (Å²) in [5, 5.41) is 14.1. The van der Waals surface area contributed by atoms with Gasteiger partial charge in [0.1, 0.15) is 0 Å². The lowest BCUT2D eigenvalue weighted by atomic mass is 10.1. The molecule has 0 saturated carbocycles. The lowest BCUT2D eigenvalue weighted by Gasteiger charge is -2.15. The first-order chi connectivity index (χ1) is 10.4. The molecular formula is C15H14ClN3O3. The van der Waals surface area contributed by atoms with Gasteiger partial charge in [0.25, 0.3) is 11.6 Å². The van der Waals surface area contributed by atoms with Crippen molar-refractivity contribution >= 4 is 28.9 Å². The number of hydrogen-bond acceptors (Lipinski definition) is 4. The van der Waals surface area contributed by atoms with E-state index < -0.39 is 10.8 Å². The SMILES string of the molecule is C[C@@H](NC(=O)c1ccc([N+](=O)[O-])cc1N)c1ccc(Cl)cc1. The third kappa shape index (κ3) is 3.53. The average molecular weight is 320 g/mol. The van der Waals surface area contributed by atoms with Crippen LogP contribution < -0.4 is 11.1 Å². The number of nitrogens with zero attached hydrogens (tertiary/aromatic N) is 1. The lowest BCUT2D eigenvalue weighted by Crippen LogP contribution is -2.27. The molecule has 2 rings (SSSR count). The number of hydrogen-bond donors (Lipinski definition) is 2. The second kappa shape index (κ2) is 6.44. The van der Waals surface area contributed by atoms with Crippen molar-refractivity contribution in [2.24, 2.45) is 0 Å². The quantitative estimate of drug-likeness (QED) is 0.513. The number of nitro benzene ring substituents is 1. The highest BCUT2D eigenvalue weighted by Crippen LogP contribution is 2.21. The lowest BCUT2D eigenvalue weighted by molar-refractivity contribution is -0.384. The predicted molar refractivity (Wildman–Crippen MR) is 84.8 cm³/mol. The molecule has 7 heteroatoms. The normalized spacial score (nSPS) is 11.7. The number of nitrogen functional groups attached to an aromatic ring is 1. The number of amides is 1. The van der Waals surface area contributed by atoms with E-state index >= 15 is 0 Å². The van der Waals surface area contributed by atoms with Crippen molar-refractivity contribution in [3.63, 3.8) is 0 Å². The van der Waals surface area contributed by atoms with Crippen molar-refractivity contribution in [2.45, 2.75) is 13.0 Å². The Morgan fingerprint density at radius 1 is 1.27 bits per heavy atom. The summed E-state index contributed by atoms with van der Waals surface area (Å²) in [7, 11) is 0. The van der Waals surface area contributed by atoms with Gasteiger partial charge in [0.15, 0.2) is 0 Å². The molecule has 114 valence electrons. The first-order valence-corrected chi connectivity index (χ1v) is 6.86. The van der Waals surface area contributed by atoms with Gasteiger partial charge in [-0.05, 0) is 30.7 Å². The van der Waals surface area contributed by atoms with Gasteiger partial charge < -0.3 is 11.1 Å². The molecule has 0 saturated heterocycles. The molecule has 0 unspecified atom stereocenters. The molecule has 0 fully saturated rings. The highest BCUT2D eigenvalue weighted by molar-refractivity contribution is 6.30. The molecule has 0 bridgehead atoms. The second-order valence-corrected chi connectivity index (χ2v) is 5.21. The third-order valence-electron chi connectivity index (χ3n) is 3.21. The van der Waals surface area contributed by atoms with Gasteiger partial charge in [-0.25, -0.2) is 0 Å². The zero-order valence-corrected chi connectivity index (χ0v) is 12.5. The topological polar surface area (TPSA) is 98.3 Å². The van der Waals surface area contributed by atoms with Crippen LogP contribution in [0.1, 0.15) is 28.9 Å². The molecule has 0 aliphatic rings. The van der Waals surface area contributed by atoms with E-state index in [1.165, 1.54) is 18.2 Å². The molecule has 1 amide bonds. The van der Waals surface area contributed by atoms with Crippen molar-refractivity contribution in [1.29, 1.82) is 0 Å². The fourth-order valence-electron chi connectivity index (χ4n) is 1.98. The number of non-ortho nitro benzene ring substituents is 1. The monoisotopic (exact) mass is 319 g/mol. The van der Waals surface area contributed by atoms with Crippen LogP contribution in [0.3, 0.4) is 0 Å². The van der Waals surface area contributed by atoms with Crippen LogP contribution in [-0.4, -0.2) is 10.8 Å². The number of halogens is 1. The van der Waals surface area contributed by atoms with Gasteiger partial charge >= 0.3 is 0 Å². The van der Waals surface area contributed by atoms with E-state index in [0.717, 1.165) is 5.56 Å². The van der Waals surface area contributed by atoms with E-state index in [-0.39, 0.29) is 23.0 Å². The number of carbonyl (C=O) groups is 1. The Hall–Kier alpha value is -2.60. The van der Waals surface area contributed by atoms with E-state index in [1.807, 2.05) is 19.1 Å². The minimum atomic E-state index is -0.561. The summed E-state index contributed by atoms with van der Waals surface area (Å²) in [6.45, 7) is 1.82. The predicted octanol–water partition coefficient (Wildman–Crippen LogP) is 3.32. The van der Waals surface area contributed by atoms with Crippen molar-refractivity contribution < 1.29 is 9.72 Å². The summed E-state index contributed by atoms with van der Waals surface area (Å²) in [6.07, 6.45) is 0. The van der Waals surface area contributed by atoms with Crippen molar-refractivity contribution in [1.82, 2.24) is 5.32 Å². The fraction of sp³-hybridized carbons (Fsp3) is 0.133. The van der Waals surface area contributed by atoms with E-state index in [0.29, 0.717) is 5.02 Å². The van der Waals surface area contributed by atoms with Crippen LogP contribution in [0.2, 0.25) is 5.02 Å². The largest absolute Gasteiger partial charge is 0.398 e. The molecule has 6 nitrogen and oxygen atoms in total. The Balaban J connectivity index is 2.15. The molecule has 0 spiro atoms. The van der Waals surface area contributed by atoms with Crippen LogP contribution in [0.5, 0.6) is 0 Å². The van der Waals surface area contributed by atoms with Gasteiger partial charge in [-0.1, -0.05) is 23.7 Å². The standard InChI is InChI=1S/C15H14ClN3O3/c1-9(10-2-4-11(16)5-3-10)18-15(20)13-7-6-12(19(21)22)8-14(13)17/h2-9H,17H2,1H3,(H,18,20)/t9-/m1/s1. The molecule has 0 aliphatic carbocycles. The van der Waals surface area contributed by atoms with E-state index in [1.54, 1.807) is 12.1 Å². The maximum atomic E-state index is 12.2. The summed E-state index contributed by atoms with van der Waals surface area (Å²) in [6, 6.07) is 10.6. The number of nitrogens with two attached hydrogens (primary N) is 1. The maximum absolute atomic E-state index is 12.2. The highest BCUT2D eigenvalue weighted by atomic mass is 35.5. The Kier molecular flexibility index (Phi) is 4.62. The van der Waals surface area contributed by atoms with Crippen LogP contribution in [0.4, 0.5) is 11.4 Å². The minimum Gasteiger partial charge on any atom is -0.398 e. The molecule has 0 radical (unpaired) electrons. The van der Waals surface area contributed by atoms with Crippen molar-refractivity contribution in [3.05, 3.63) is 68.7 Å². The van der Waals surface area contributed by atoms with E-state index in [9.17, 15) is 14.9 Å². The number of nitrogens with one attached hydrogen (secondary N) is 1. The van der Waals surface area contributed by atoms with Crippen LogP contribution >= 0.6 is 11.6 Å². The van der Waals surface area contributed by atoms with E-state index in [4.69, 9.17) is 17.3 Å². The fourth-order valence-corrected chi connectivity index (χ4v) is 2.11. The summed E-state index contributed by atoms with van der Waals surface area (Å²) in [5.41, 5.74) is 6.71. The number of anilines is 1. The molecule has 1 atom stereocenters. The number of benzene rings is 2. The van der Waals surface area contributed by atoms with Gasteiger partial charge in [0, 0.05) is 17.2 Å². The Bertz CT molecular complexity index is 716. The Morgan fingerprint density at radius 2 is 1.91 bits per heavy atom. The Labute approximate surface area is 132 Å². The highest BCUT2D eigenvalue weighted by Gasteiger charge is 2.16. The molecule has 2 aromatic rings. The number of carbonyl (C=O) groups excluding carboxylic acids is 1. The first kappa shape index (κ1) is 15.8. The van der Waals surface area contributed by atoms with Gasteiger partial charge in [-0.2, -0.15) is 0 Å². The van der Waals surface area contributed by atoms with Gasteiger partial charge in [-0.15, -0.1) is 0 Å². The van der Waals surface area contributed by atoms with Crippen molar-refractivity contribution in [2.75, 3.05) is 5.73 Å². The first-order valence-electron chi connectivity index (χ1n) is 6.48. The summed E-state index contributed by atoms with van der Waals surface area (Å²) in [5.74, 6) is -0.394. The van der Waals surface area contributed by atoms with Gasteiger partial charge in [-0.3, -0.25) is 14.9 Å². The Morgan fingerprint density at radius 3 is 2.45 bits per heavy atom. The van der Waals surface area contributed by atoms with Crippen LogP contribution in [0.25, 0.3) is 0 Å². The zero-order chi connectivity index (χ0) is 16.3. The van der Waals surface area contributed by atoms with Gasteiger partial charge in [0.2, 0.25) is 0 Å². The molecule has 2 aromatic carbocycles. The van der Waals surface area contributed by atoms with E-state index in [2.05, 4.69) is 5.32 Å². The summed E-state index contributed by atoms with van der Waals surface area (Å²) >= 11 is 5.82. The second-order valence-electron chi connectivity index (χ2n) is 4.78. The third-order valence-corrected chi connectivity index (χ3v) is 3.46. The average Bonchev–Trinajstić information content (AvgIpc) is 2.47. The van der Waals surface area contributed by atoms with Crippen LogP contribution in [-0.2, 0) is 0 Å². The molecule has 0 aliphatic heterocycles. The zero-order valence-electron chi connectivity index (χ0n) is 11.7. The smallest absolute Gasteiger partial charge is 0.271 e. The maximum Gasteiger partial charge on any atom is 0.271 e. The van der Waals surface area contributed by atoms with Crippen molar-refractivity contribution in [3.8, 4) is 0 Å². The molecule has 0 heterocycles. The summed E-state index contributed by atoms with van der Waals surface area (Å²) in [4.78, 5) is 22.3. The van der Waals surface area contributed by atoms with Crippen LogP contribution in [0, 0.1) is 10.1 Å². The number of rotatable bonds is 4. The minimum absolute atomic E-state index is 0.0648. The molecular weight excluding hydrogens is 306 g/mol. The molecule has 3 N–H and O–H groups in total.